The van der Waals surface area contributed by atoms with Crippen molar-refractivity contribution in [2.75, 3.05) is 5.32 Å². The number of amides is 1. The predicted molar refractivity (Wildman–Crippen MR) is 113 cm³/mol. The Labute approximate surface area is 178 Å². The van der Waals surface area contributed by atoms with E-state index in [1.165, 1.54) is 30.0 Å². The molecule has 0 spiro atoms. The lowest BCUT2D eigenvalue weighted by Crippen LogP contribution is -2.23. The standard InChI is InChI=1S/C21H20ClN3O3S/c1-12(19(26)24-18-10-14(21(27)28)7-8-16(18)22)29-20-15(11-23)9-13-5-3-2-4-6-17(13)25-20/h7-10,12H,2-6H2,1H3,(H,24,26)(H,27,28). The molecule has 8 heteroatoms. The summed E-state index contributed by atoms with van der Waals surface area (Å²) in [6.45, 7) is 1.71. The number of aromatic nitrogens is 1. The molecule has 2 N–H and O–H groups in total. The topological polar surface area (TPSA) is 103 Å². The fourth-order valence-corrected chi connectivity index (χ4v) is 4.23. The first-order valence-corrected chi connectivity index (χ1v) is 10.6. The number of aromatic carboxylic acids is 1. The number of fused-ring (bicyclic) bond motifs is 1. The number of carboxylic acid groups (broad SMARTS) is 1. The Kier molecular flexibility index (Phi) is 6.78. The van der Waals surface area contributed by atoms with E-state index in [-0.39, 0.29) is 22.2 Å². The predicted octanol–water partition coefficient (Wildman–Crippen LogP) is 4.69. The molecule has 29 heavy (non-hydrogen) atoms. The number of benzene rings is 1. The fraction of sp³-hybridized carbons (Fsp3) is 0.333. The van der Waals surface area contributed by atoms with Crippen molar-refractivity contribution in [2.24, 2.45) is 0 Å². The van der Waals surface area contributed by atoms with E-state index < -0.39 is 11.2 Å². The van der Waals surface area contributed by atoms with Crippen molar-refractivity contribution in [1.29, 1.82) is 5.26 Å². The third kappa shape index (κ3) is 5.08. The summed E-state index contributed by atoms with van der Waals surface area (Å²) >= 11 is 7.30. The minimum absolute atomic E-state index is 0.0317. The van der Waals surface area contributed by atoms with Gasteiger partial charge in [-0.05, 0) is 62.4 Å². The number of nitrogens with one attached hydrogen (secondary N) is 1. The van der Waals surface area contributed by atoms with Gasteiger partial charge in [0.05, 0.1) is 27.1 Å². The number of thioether (sulfide) groups is 1. The highest BCUT2D eigenvalue weighted by atomic mass is 35.5. The molecule has 1 amide bonds. The third-order valence-electron chi connectivity index (χ3n) is 4.77. The maximum absolute atomic E-state index is 12.6. The van der Waals surface area contributed by atoms with E-state index in [0.29, 0.717) is 10.6 Å². The summed E-state index contributed by atoms with van der Waals surface area (Å²) < 4.78 is 0. The van der Waals surface area contributed by atoms with Crippen LogP contribution in [0.15, 0.2) is 29.3 Å². The van der Waals surface area contributed by atoms with E-state index in [2.05, 4.69) is 16.4 Å². The van der Waals surface area contributed by atoms with Gasteiger partial charge in [0.25, 0.3) is 0 Å². The van der Waals surface area contributed by atoms with Gasteiger partial charge in [0, 0.05) is 5.69 Å². The number of carbonyl (C=O) groups excluding carboxylic acids is 1. The van der Waals surface area contributed by atoms with Crippen LogP contribution in [0.5, 0.6) is 0 Å². The second kappa shape index (κ2) is 9.29. The summed E-state index contributed by atoms with van der Waals surface area (Å²) in [7, 11) is 0. The van der Waals surface area contributed by atoms with Gasteiger partial charge >= 0.3 is 5.97 Å². The lowest BCUT2D eigenvalue weighted by Gasteiger charge is -2.15. The van der Waals surface area contributed by atoms with Gasteiger partial charge in [-0.2, -0.15) is 5.26 Å². The Morgan fingerprint density at radius 1 is 1.28 bits per heavy atom. The van der Waals surface area contributed by atoms with Crippen molar-refractivity contribution >= 4 is 40.9 Å². The fourth-order valence-electron chi connectivity index (χ4n) is 3.17. The average molecular weight is 430 g/mol. The minimum atomic E-state index is -1.10. The quantitative estimate of drug-likeness (QED) is 0.527. The molecule has 0 radical (unpaired) electrons. The Morgan fingerprint density at radius 2 is 2.03 bits per heavy atom. The second-order valence-corrected chi connectivity index (χ2v) is 8.61. The summed E-state index contributed by atoms with van der Waals surface area (Å²) in [5.74, 6) is -1.45. The van der Waals surface area contributed by atoms with Crippen LogP contribution < -0.4 is 5.32 Å². The molecule has 1 atom stereocenters. The van der Waals surface area contributed by atoms with E-state index in [4.69, 9.17) is 16.7 Å². The Balaban J connectivity index is 1.78. The van der Waals surface area contributed by atoms with E-state index in [1.54, 1.807) is 6.92 Å². The SMILES string of the molecule is CC(Sc1nc2c(cc1C#N)CCCCC2)C(=O)Nc1cc(C(=O)O)ccc1Cl. The highest BCUT2D eigenvalue weighted by molar-refractivity contribution is 8.00. The number of hydrogen-bond acceptors (Lipinski definition) is 5. The molecule has 0 saturated heterocycles. The summed E-state index contributed by atoms with van der Waals surface area (Å²) in [6, 6.07) is 8.21. The average Bonchev–Trinajstić information content (AvgIpc) is 2.93. The van der Waals surface area contributed by atoms with Crippen molar-refractivity contribution < 1.29 is 14.7 Å². The van der Waals surface area contributed by atoms with Gasteiger partial charge in [0.1, 0.15) is 11.1 Å². The summed E-state index contributed by atoms with van der Waals surface area (Å²) in [5.41, 5.74) is 2.87. The number of nitriles is 1. The van der Waals surface area contributed by atoms with Gasteiger partial charge in [-0.25, -0.2) is 9.78 Å². The van der Waals surface area contributed by atoms with Gasteiger partial charge in [-0.15, -0.1) is 0 Å². The molecular weight excluding hydrogens is 410 g/mol. The van der Waals surface area contributed by atoms with E-state index in [9.17, 15) is 14.9 Å². The highest BCUT2D eigenvalue weighted by Crippen LogP contribution is 2.30. The molecule has 1 unspecified atom stereocenters. The molecule has 1 heterocycles. The zero-order valence-corrected chi connectivity index (χ0v) is 17.4. The van der Waals surface area contributed by atoms with Crippen LogP contribution in [0, 0.1) is 11.3 Å². The second-order valence-electron chi connectivity index (χ2n) is 6.87. The number of carboxylic acids is 1. The number of aryl methyl sites for hydroxylation is 2. The third-order valence-corrected chi connectivity index (χ3v) is 6.20. The van der Waals surface area contributed by atoms with Crippen LogP contribution in [0.2, 0.25) is 5.02 Å². The van der Waals surface area contributed by atoms with E-state index in [0.717, 1.165) is 43.4 Å². The van der Waals surface area contributed by atoms with Gasteiger partial charge < -0.3 is 10.4 Å². The van der Waals surface area contributed by atoms with Gasteiger partial charge in [-0.1, -0.05) is 29.8 Å². The van der Waals surface area contributed by atoms with Gasteiger partial charge in [0.2, 0.25) is 5.91 Å². The molecule has 1 aliphatic carbocycles. The smallest absolute Gasteiger partial charge is 0.335 e. The molecule has 0 saturated carbocycles. The number of pyridine rings is 1. The highest BCUT2D eigenvalue weighted by Gasteiger charge is 2.21. The van der Waals surface area contributed by atoms with Crippen molar-refractivity contribution in [3.05, 3.63) is 51.7 Å². The number of anilines is 1. The molecule has 6 nitrogen and oxygen atoms in total. The van der Waals surface area contributed by atoms with Crippen molar-refractivity contribution in [2.45, 2.75) is 49.3 Å². The van der Waals surface area contributed by atoms with Crippen LogP contribution in [0.4, 0.5) is 5.69 Å². The number of hydrogen-bond donors (Lipinski definition) is 2. The maximum Gasteiger partial charge on any atom is 0.335 e. The van der Waals surface area contributed by atoms with E-state index in [1.807, 2.05) is 6.07 Å². The molecule has 0 fully saturated rings. The van der Waals surface area contributed by atoms with Crippen molar-refractivity contribution in [3.8, 4) is 6.07 Å². The number of carbonyl (C=O) groups is 2. The maximum atomic E-state index is 12.6. The summed E-state index contributed by atoms with van der Waals surface area (Å²) in [6.07, 6.45) is 5.13. The van der Waals surface area contributed by atoms with Crippen LogP contribution >= 0.6 is 23.4 Å². The van der Waals surface area contributed by atoms with Crippen molar-refractivity contribution in [1.82, 2.24) is 4.98 Å². The van der Waals surface area contributed by atoms with Crippen LogP contribution in [-0.2, 0) is 17.6 Å². The molecule has 1 aromatic heterocycles. The minimum Gasteiger partial charge on any atom is -0.478 e. The monoisotopic (exact) mass is 429 g/mol. The van der Waals surface area contributed by atoms with Gasteiger partial charge in [-0.3, -0.25) is 4.79 Å². The van der Waals surface area contributed by atoms with Crippen molar-refractivity contribution in [3.63, 3.8) is 0 Å². The molecule has 1 aliphatic rings. The molecule has 0 aliphatic heterocycles. The lowest BCUT2D eigenvalue weighted by atomic mass is 10.1. The molecular formula is C21H20ClN3O3S. The van der Waals surface area contributed by atoms with E-state index >= 15 is 0 Å². The summed E-state index contributed by atoms with van der Waals surface area (Å²) in [5, 5.41) is 21.5. The molecule has 0 bridgehead atoms. The Morgan fingerprint density at radius 3 is 2.76 bits per heavy atom. The molecule has 1 aromatic carbocycles. The zero-order valence-electron chi connectivity index (χ0n) is 15.9. The van der Waals surface area contributed by atoms with Crippen LogP contribution in [0.1, 0.15) is 53.4 Å². The number of rotatable bonds is 5. The van der Waals surface area contributed by atoms with Crippen LogP contribution in [-0.4, -0.2) is 27.2 Å². The first-order valence-electron chi connectivity index (χ1n) is 9.32. The Hall–Kier alpha value is -2.56. The van der Waals surface area contributed by atoms with Gasteiger partial charge in [0.15, 0.2) is 0 Å². The zero-order chi connectivity index (χ0) is 21.0. The molecule has 150 valence electrons. The van der Waals surface area contributed by atoms with Crippen LogP contribution in [0.25, 0.3) is 0 Å². The Bertz CT molecular complexity index is 1000. The first-order chi connectivity index (χ1) is 13.9. The number of nitrogens with zero attached hydrogens (tertiary/aromatic N) is 2. The first kappa shape index (κ1) is 21.2. The normalized spacial score (nSPS) is 14.2. The summed E-state index contributed by atoms with van der Waals surface area (Å²) in [4.78, 5) is 28.5. The lowest BCUT2D eigenvalue weighted by molar-refractivity contribution is -0.115. The molecule has 3 rings (SSSR count). The number of halogens is 1. The molecule has 2 aromatic rings. The van der Waals surface area contributed by atoms with Crippen LogP contribution in [0.3, 0.4) is 0 Å². The largest absolute Gasteiger partial charge is 0.478 e.